The van der Waals surface area contributed by atoms with E-state index >= 15 is 0 Å². The lowest BCUT2D eigenvalue weighted by Gasteiger charge is -2.24. The Morgan fingerprint density at radius 2 is 2.16 bits per heavy atom. The first-order chi connectivity index (χ1) is 12.2. The molecule has 0 unspecified atom stereocenters. The molecule has 25 heavy (non-hydrogen) atoms. The van der Waals surface area contributed by atoms with Gasteiger partial charge >= 0.3 is 0 Å². The van der Waals surface area contributed by atoms with Crippen LogP contribution in [0.1, 0.15) is 17.1 Å². The van der Waals surface area contributed by atoms with Crippen LogP contribution in [0.15, 0.2) is 48.9 Å². The van der Waals surface area contributed by atoms with E-state index in [9.17, 15) is 0 Å². The van der Waals surface area contributed by atoms with Gasteiger partial charge in [-0.25, -0.2) is 0 Å². The fourth-order valence-corrected chi connectivity index (χ4v) is 3.48. The molecule has 1 aliphatic rings. The first-order valence-electron chi connectivity index (χ1n) is 8.60. The zero-order valence-electron chi connectivity index (χ0n) is 14.7. The Labute approximate surface area is 147 Å². The summed E-state index contributed by atoms with van der Waals surface area (Å²) in [7, 11) is 2.01. The molecular formula is C19H23N5O. The Kier molecular flexibility index (Phi) is 4.28. The minimum Gasteiger partial charge on any atom is -0.486 e. The van der Waals surface area contributed by atoms with E-state index in [1.54, 1.807) is 12.4 Å². The Morgan fingerprint density at radius 1 is 1.24 bits per heavy atom. The zero-order valence-corrected chi connectivity index (χ0v) is 14.7. The predicted octanol–water partition coefficient (Wildman–Crippen LogP) is 2.39. The Morgan fingerprint density at radius 3 is 2.92 bits per heavy atom. The summed E-state index contributed by atoms with van der Waals surface area (Å²) < 4.78 is 10.5. The highest BCUT2D eigenvalue weighted by Gasteiger charge is 2.23. The maximum Gasteiger partial charge on any atom is 0.138 e. The number of fused-ring (bicyclic) bond motifs is 1. The number of aryl methyl sites for hydroxylation is 2. The molecule has 0 spiro atoms. The molecular weight excluding hydrogens is 314 g/mol. The van der Waals surface area contributed by atoms with E-state index < -0.39 is 0 Å². The topological polar surface area (TPSA) is 48.1 Å². The van der Waals surface area contributed by atoms with Crippen molar-refractivity contribution < 1.29 is 4.74 Å². The summed E-state index contributed by atoms with van der Waals surface area (Å²) >= 11 is 0. The molecule has 0 bridgehead atoms. The highest BCUT2D eigenvalue weighted by molar-refractivity contribution is 5.17. The molecule has 0 fully saturated rings. The third-order valence-electron chi connectivity index (χ3n) is 4.59. The quantitative estimate of drug-likeness (QED) is 0.733. The summed E-state index contributed by atoms with van der Waals surface area (Å²) in [4.78, 5) is 6.58. The van der Waals surface area contributed by atoms with Crippen LogP contribution in [-0.2, 0) is 26.7 Å². The highest BCUT2D eigenvalue weighted by atomic mass is 16.5. The third-order valence-corrected chi connectivity index (χ3v) is 4.59. The Balaban J connectivity index is 1.55. The van der Waals surface area contributed by atoms with Crippen molar-refractivity contribution >= 4 is 0 Å². The van der Waals surface area contributed by atoms with Crippen molar-refractivity contribution in [3.63, 3.8) is 0 Å². The summed E-state index contributed by atoms with van der Waals surface area (Å²) in [5.41, 5.74) is 3.59. The van der Waals surface area contributed by atoms with Gasteiger partial charge in [0.1, 0.15) is 11.9 Å². The summed E-state index contributed by atoms with van der Waals surface area (Å²) in [6.07, 6.45) is 5.75. The first-order valence-corrected chi connectivity index (χ1v) is 8.60. The number of hydrogen-bond donors (Lipinski definition) is 0. The van der Waals surface area contributed by atoms with E-state index in [4.69, 9.17) is 4.74 Å². The van der Waals surface area contributed by atoms with E-state index in [-0.39, 0.29) is 6.10 Å². The SMILES string of the molecule is Cc1cc(CN2Cc3cccn3C[C@@H](Oc3cccnc3)C2)n(C)n1. The van der Waals surface area contributed by atoms with Crippen LogP contribution >= 0.6 is 0 Å². The predicted molar refractivity (Wildman–Crippen MR) is 95.1 cm³/mol. The van der Waals surface area contributed by atoms with Gasteiger partial charge in [-0.15, -0.1) is 0 Å². The molecule has 0 amide bonds. The second-order valence-electron chi connectivity index (χ2n) is 6.65. The molecule has 3 aromatic rings. The largest absolute Gasteiger partial charge is 0.486 e. The van der Waals surface area contributed by atoms with Crippen LogP contribution in [0.4, 0.5) is 0 Å². The monoisotopic (exact) mass is 337 g/mol. The number of nitrogens with zero attached hydrogens (tertiary/aromatic N) is 5. The zero-order chi connectivity index (χ0) is 17.2. The first kappa shape index (κ1) is 15.9. The van der Waals surface area contributed by atoms with Gasteiger partial charge in [0.2, 0.25) is 0 Å². The van der Waals surface area contributed by atoms with E-state index in [0.29, 0.717) is 0 Å². The van der Waals surface area contributed by atoms with Crippen molar-refractivity contribution in [2.24, 2.45) is 7.05 Å². The molecule has 0 radical (unpaired) electrons. The van der Waals surface area contributed by atoms with Gasteiger partial charge in [-0.1, -0.05) is 0 Å². The maximum absolute atomic E-state index is 6.22. The molecule has 0 saturated heterocycles. The average Bonchev–Trinajstić information content (AvgIpc) is 3.10. The molecule has 0 saturated carbocycles. The summed E-state index contributed by atoms with van der Waals surface area (Å²) in [5.74, 6) is 0.819. The summed E-state index contributed by atoms with van der Waals surface area (Å²) in [5, 5.41) is 4.47. The van der Waals surface area contributed by atoms with Gasteiger partial charge < -0.3 is 9.30 Å². The van der Waals surface area contributed by atoms with Crippen LogP contribution in [-0.4, -0.2) is 36.9 Å². The van der Waals surface area contributed by atoms with Crippen LogP contribution in [0, 0.1) is 6.92 Å². The highest BCUT2D eigenvalue weighted by Crippen LogP contribution is 2.19. The number of aromatic nitrogens is 4. The number of rotatable bonds is 4. The molecule has 0 N–H and O–H groups in total. The van der Waals surface area contributed by atoms with Crippen LogP contribution in [0.5, 0.6) is 5.75 Å². The maximum atomic E-state index is 6.22. The molecule has 0 aliphatic carbocycles. The van der Waals surface area contributed by atoms with Crippen LogP contribution in [0.3, 0.4) is 0 Å². The van der Waals surface area contributed by atoms with Crippen LogP contribution in [0.25, 0.3) is 0 Å². The summed E-state index contributed by atoms with van der Waals surface area (Å²) in [6.45, 7) is 5.50. The molecule has 1 atom stereocenters. The minimum atomic E-state index is 0.0761. The van der Waals surface area contributed by atoms with Crippen LogP contribution in [0.2, 0.25) is 0 Å². The van der Waals surface area contributed by atoms with Gasteiger partial charge in [-0.05, 0) is 37.3 Å². The second-order valence-corrected chi connectivity index (χ2v) is 6.65. The van der Waals surface area contributed by atoms with Gasteiger partial charge in [0, 0.05) is 44.8 Å². The van der Waals surface area contributed by atoms with Gasteiger partial charge in [0.05, 0.1) is 24.1 Å². The van der Waals surface area contributed by atoms with Crippen molar-refractivity contribution in [1.29, 1.82) is 0 Å². The fraction of sp³-hybridized carbons (Fsp3) is 0.368. The molecule has 4 heterocycles. The number of pyridine rings is 1. The van der Waals surface area contributed by atoms with Crippen molar-refractivity contribution in [3.05, 3.63) is 66.0 Å². The lowest BCUT2D eigenvalue weighted by atomic mass is 10.2. The van der Waals surface area contributed by atoms with Crippen molar-refractivity contribution in [1.82, 2.24) is 24.2 Å². The van der Waals surface area contributed by atoms with Crippen molar-refractivity contribution in [3.8, 4) is 5.75 Å². The van der Waals surface area contributed by atoms with E-state index in [1.807, 2.05) is 30.8 Å². The molecule has 6 heteroatoms. The molecule has 3 aromatic heterocycles. The fourth-order valence-electron chi connectivity index (χ4n) is 3.48. The van der Waals surface area contributed by atoms with Gasteiger partial charge in [-0.2, -0.15) is 5.10 Å². The Bertz CT molecular complexity index is 839. The molecule has 4 rings (SSSR count). The molecule has 6 nitrogen and oxygen atoms in total. The lowest BCUT2D eigenvalue weighted by molar-refractivity contribution is 0.122. The smallest absolute Gasteiger partial charge is 0.138 e. The number of hydrogen-bond acceptors (Lipinski definition) is 4. The van der Waals surface area contributed by atoms with Crippen molar-refractivity contribution in [2.45, 2.75) is 32.7 Å². The van der Waals surface area contributed by atoms with E-state index in [2.05, 4.69) is 43.9 Å². The molecule has 130 valence electrons. The van der Waals surface area contributed by atoms with Crippen molar-refractivity contribution in [2.75, 3.05) is 6.54 Å². The van der Waals surface area contributed by atoms with Crippen LogP contribution < -0.4 is 4.74 Å². The minimum absolute atomic E-state index is 0.0761. The standard InChI is InChI=1S/C19H23N5O/c1-15-9-17(22(2)21-15)12-23-11-16-5-4-8-24(16)14-19(13-23)25-18-6-3-7-20-10-18/h3-10,19H,11-14H2,1-2H3/t19-/m0/s1. The van der Waals surface area contributed by atoms with Gasteiger partial charge in [0.15, 0.2) is 0 Å². The van der Waals surface area contributed by atoms with E-state index in [0.717, 1.165) is 37.6 Å². The molecule has 1 aliphatic heterocycles. The summed E-state index contributed by atoms with van der Waals surface area (Å²) in [6, 6.07) is 10.3. The third kappa shape index (κ3) is 3.58. The Hall–Kier alpha value is -2.60. The van der Waals surface area contributed by atoms with Gasteiger partial charge in [-0.3, -0.25) is 14.6 Å². The average molecular weight is 337 g/mol. The van der Waals surface area contributed by atoms with Gasteiger partial charge in [0.25, 0.3) is 0 Å². The molecule has 0 aromatic carbocycles. The van der Waals surface area contributed by atoms with E-state index in [1.165, 1.54) is 11.4 Å². The normalized spacial score (nSPS) is 17.9. The lowest BCUT2D eigenvalue weighted by Crippen LogP contribution is -2.35. The number of ether oxygens (including phenoxy) is 1. The second kappa shape index (κ2) is 6.72.